The molecule has 4 saturated carbocycles. The first-order valence-electron chi connectivity index (χ1n) is 8.49. The Bertz CT molecular complexity index is 507. The molecular formula is C16H24N4. The van der Waals surface area contributed by atoms with Gasteiger partial charge in [-0.3, -0.25) is 0 Å². The van der Waals surface area contributed by atoms with Crippen LogP contribution < -0.4 is 5.73 Å². The molecule has 4 aliphatic carbocycles. The van der Waals surface area contributed by atoms with Crippen molar-refractivity contribution in [2.45, 2.75) is 63.5 Å². The largest absolute Gasteiger partial charge is 0.310 e. The van der Waals surface area contributed by atoms with Crippen LogP contribution in [0.2, 0.25) is 0 Å². The summed E-state index contributed by atoms with van der Waals surface area (Å²) in [5, 5.41) is 4.86. The minimum absolute atomic E-state index is 0.0665. The van der Waals surface area contributed by atoms with E-state index in [1.807, 2.05) is 4.68 Å². The van der Waals surface area contributed by atoms with E-state index in [4.69, 9.17) is 15.8 Å². The fraction of sp³-hybridized carbons (Fsp3) is 0.875. The van der Waals surface area contributed by atoms with Gasteiger partial charge in [-0.2, -0.15) is 5.10 Å². The van der Waals surface area contributed by atoms with Crippen molar-refractivity contribution in [1.29, 1.82) is 0 Å². The van der Waals surface area contributed by atoms with Crippen LogP contribution in [0.1, 0.15) is 68.7 Å². The number of hydrogen-bond acceptors (Lipinski definition) is 3. The smallest absolute Gasteiger partial charge is 0.154 e. The van der Waals surface area contributed by atoms with Gasteiger partial charge in [0, 0.05) is 12.3 Å². The fourth-order valence-electron chi connectivity index (χ4n) is 5.89. The van der Waals surface area contributed by atoms with Crippen molar-refractivity contribution in [1.82, 2.24) is 14.8 Å². The van der Waals surface area contributed by atoms with Gasteiger partial charge < -0.3 is 5.73 Å². The molecule has 4 bridgehead atoms. The lowest BCUT2D eigenvalue weighted by Gasteiger charge is -2.53. The number of nitrogens with zero attached hydrogens (tertiary/aromatic N) is 3. The zero-order chi connectivity index (χ0) is 13.3. The summed E-state index contributed by atoms with van der Waals surface area (Å²) in [6, 6.07) is 0. The van der Waals surface area contributed by atoms with Gasteiger partial charge in [0.15, 0.2) is 5.82 Å². The molecule has 108 valence electrons. The van der Waals surface area contributed by atoms with Crippen LogP contribution in [0.15, 0.2) is 0 Å². The minimum atomic E-state index is 0.0665. The molecule has 5 aliphatic rings. The number of aryl methyl sites for hydroxylation is 1. The number of rotatable bonds is 1. The number of fused-ring (bicyclic) bond motifs is 1. The average molecular weight is 272 g/mol. The maximum atomic E-state index is 6.19. The van der Waals surface area contributed by atoms with E-state index in [0.29, 0.717) is 5.92 Å². The maximum Gasteiger partial charge on any atom is 0.154 e. The summed E-state index contributed by atoms with van der Waals surface area (Å²) in [6.45, 7) is 0. The molecule has 6 rings (SSSR count). The molecule has 2 N–H and O–H groups in total. The molecule has 4 nitrogen and oxygen atoms in total. The Kier molecular flexibility index (Phi) is 2.38. The molecule has 0 aromatic carbocycles. The van der Waals surface area contributed by atoms with Gasteiger partial charge in [-0.1, -0.05) is 0 Å². The Balaban J connectivity index is 1.51. The summed E-state index contributed by atoms with van der Waals surface area (Å²) in [5.41, 5.74) is 6.19. The Hall–Kier alpha value is -0.900. The molecule has 2 heterocycles. The van der Waals surface area contributed by atoms with E-state index >= 15 is 0 Å². The van der Waals surface area contributed by atoms with Crippen molar-refractivity contribution >= 4 is 0 Å². The lowest BCUT2D eigenvalue weighted by molar-refractivity contribution is -0.00574. The number of hydrogen-bond donors (Lipinski definition) is 1. The van der Waals surface area contributed by atoms with Crippen LogP contribution in [-0.4, -0.2) is 14.8 Å². The highest BCUT2D eigenvalue weighted by Gasteiger charge is 2.50. The van der Waals surface area contributed by atoms with Crippen LogP contribution in [0.4, 0.5) is 0 Å². The summed E-state index contributed by atoms with van der Waals surface area (Å²) in [7, 11) is 0. The highest BCUT2D eigenvalue weighted by atomic mass is 15.4. The van der Waals surface area contributed by atoms with Crippen molar-refractivity contribution in [2.75, 3.05) is 0 Å². The van der Waals surface area contributed by atoms with Gasteiger partial charge in [-0.15, -0.1) is 0 Å². The van der Waals surface area contributed by atoms with E-state index in [9.17, 15) is 0 Å². The predicted molar refractivity (Wildman–Crippen MR) is 76.0 cm³/mol. The van der Waals surface area contributed by atoms with Crippen LogP contribution in [0, 0.1) is 23.7 Å². The molecule has 4 fully saturated rings. The van der Waals surface area contributed by atoms with Gasteiger partial charge in [-0.25, -0.2) is 9.67 Å². The second kappa shape index (κ2) is 4.06. The van der Waals surface area contributed by atoms with Gasteiger partial charge >= 0.3 is 0 Å². The summed E-state index contributed by atoms with van der Waals surface area (Å²) in [6.07, 6.45) is 10.6. The third-order valence-electron chi connectivity index (χ3n) is 6.46. The topological polar surface area (TPSA) is 56.7 Å². The Morgan fingerprint density at radius 3 is 2.35 bits per heavy atom. The van der Waals surface area contributed by atoms with E-state index in [1.54, 1.807) is 0 Å². The lowest BCUT2D eigenvalue weighted by Crippen LogP contribution is -2.44. The zero-order valence-corrected chi connectivity index (χ0v) is 12.0. The first-order chi connectivity index (χ1) is 9.78. The highest BCUT2D eigenvalue weighted by molar-refractivity contribution is 5.12. The molecular weight excluding hydrogens is 248 g/mol. The minimum Gasteiger partial charge on any atom is -0.310 e. The van der Waals surface area contributed by atoms with Crippen LogP contribution in [0.3, 0.4) is 0 Å². The average Bonchev–Trinajstić information content (AvgIpc) is 2.82. The van der Waals surface area contributed by atoms with Gasteiger partial charge in [0.05, 0.1) is 0 Å². The molecule has 4 heteroatoms. The third kappa shape index (κ3) is 1.57. The lowest BCUT2D eigenvalue weighted by atomic mass is 9.52. The quantitative estimate of drug-likeness (QED) is 0.855. The summed E-state index contributed by atoms with van der Waals surface area (Å²) < 4.78 is 2.03. The Morgan fingerprint density at radius 1 is 1.00 bits per heavy atom. The van der Waals surface area contributed by atoms with Crippen molar-refractivity contribution in [3.8, 4) is 0 Å². The normalized spacial score (nSPS) is 45.6. The van der Waals surface area contributed by atoms with Gasteiger partial charge in [-0.05, 0) is 68.6 Å². The van der Waals surface area contributed by atoms with Crippen molar-refractivity contribution in [3.63, 3.8) is 0 Å². The number of nitrogens with two attached hydrogens (primary N) is 1. The standard InChI is InChI=1S/C16H24N4/c17-13-2-1-3-14-18-16(19-20(13)14)15-11-5-9-4-10(7-11)8-12(15)6-9/h9-13,15H,1-8,17H2. The van der Waals surface area contributed by atoms with E-state index in [1.165, 1.54) is 38.5 Å². The second-order valence-electron chi connectivity index (χ2n) is 7.75. The van der Waals surface area contributed by atoms with Crippen LogP contribution in [0.25, 0.3) is 0 Å². The van der Waals surface area contributed by atoms with E-state index in [-0.39, 0.29) is 6.17 Å². The summed E-state index contributed by atoms with van der Waals surface area (Å²) in [5.74, 6) is 6.71. The van der Waals surface area contributed by atoms with Crippen molar-refractivity contribution in [3.05, 3.63) is 11.6 Å². The van der Waals surface area contributed by atoms with Gasteiger partial charge in [0.1, 0.15) is 12.0 Å². The first kappa shape index (κ1) is 11.7. The monoisotopic (exact) mass is 272 g/mol. The number of aromatic nitrogens is 3. The maximum absolute atomic E-state index is 6.19. The molecule has 0 radical (unpaired) electrons. The summed E-state index contributed by atoms with van der Waals surface area (Å²) >= 11 is 0. The molecule has 0 spiro atoms. The third-order valence-corrected chi connectivity index (χ3v) is 6.46. The summed E-state index contributed by atoms with van der Waals surface area (Å²) in [4.78, 5) is 4.92. The van der Waals surface area contributed by atoms with E-state index in [2.05, 4.69) is 0 Å². The predicted octanol–water partition coefficient (Wildman–Crippen LogP) is 2.61. The molecule has 1 aromatic rings. The van der Waals surface area contributed by atoms with Gasteiger partial charge in [0.2, 0.25) is 0 Å². The molecule has 1 unspecified atom stereocenters. The zero-order valence-electron chi connectivity index (χ0n) is 12.0. The second-order valence-corrected chi connectivity index (χ2v) is 7.75. The molecule has 20 heavy (non-hydrogen) atoms. The Morgan fingerprint density at radius 2 is 1.70 bits per heavy atom. The highest BCUT2D eigenvalue weighted by Crippen LogP contribution is 2.59. The van der Waals surface area contributed by atoms with E-state index < -0.39 is 0 Å². The van der Waals surface area contributed by atoms with Crippen LogP contribution in [0.5, 0.6) is 0 Å². The molecule has 1 aliphatic heterocycles. The van der Waals surface area contributed by atoms with Crippen molar-refractivity contribution < 1.29 is 0 Å². The van der Waals surface area contributed by atoms with Gasteiger partial charge in [0.25, 0.3) is 0 Å². The molecule has 0 saturated heterocycles. The van der Waals surface area contributed by atoms with Crippen LogP contribution >= 0.6 is 0 Å². The SMILES string of the molecule is NC1CCCc2nc(C3C4CC5CC(C4)CC3C5)nn21. The molecule has 0 amide bonds. The van der Waals surface area contributed by atoms with Crippen molar-refractivity contribution in [2.24, 2.45) is 29.4 Å². The van der Waals surface area contributed by atoms with Crippen LogP contribution in [-0.2, 0) is 6.42 Å². The van der Waals surface area contributed by atoms with E-state index in [0.717, 1.165) is 48.2 Å². The fourth-order valence-corrected chi connectivity index (χ4v) is 5.89. The first-order valence-corrected chi connectivity index (χ1v) is 8.49. The molecule has 1 aromatic heterocycles. The molecule has 1 atom stereocenters. The Labute approximate surface area is 120 Å².